The van der Waals surface area contributed by atoms with E-state index in [9.17, 15) is 0 Å². The van der Waals surface area contributed by atoms with Gasteiger partial charge in [-0.3, -0.25) is 0 Å². The summed E-state index contributed by atoms with van der Waals surface area (Å²) in [6.07, 6.45) is 3.42. The molecule has 6 heteroatoms. The normalized spacial score (nSPS) is 18.6. The standard InChI is InChI=1S/C18H22Cl2N4/c1-2-23-7-4-12(5-8-23)17-16-3-6-21-18(16)24(22-17)15-10-13(19)9-14(20)11-15/h9-12,21H,2-8H2,1H3. The zero-order valence-electron chi connectivity index (χ0n) is 13.9. The first kappa shape index (κ1) is 16.2. The van der Waals surface area contributed by atoms with Crippen LogP contribution >= 0.6 is 23.2 Å². The van der Waals surface area contributed by atoms with Crippen molar-refractivity contribution in [2.24, 2.45) is 0 Å². The van der Waals surface area contributed by atoms with Crippen molar-refractivity contribution >= 4 is 29.0 Å². The number of nitrogens with zero attached hydrogens (tertiary/aromatic N) is 3. The Bertz CT molecular complexity index is 727. The van der Waals surface area contributed by atoms with Gasteiger partial charge in [0.25, 0.3) is 0 Å². The molecule has 0 unspecified atom stereocenters. The van der Waals surface area contributed by atoms with Gasteiger partial charge in [-0.05, 0) is 57.1 Å². The Kier molecular flexibility index (Phi) is 4.46. The Labute approximate surface area is 152 Å². The summed E-state index contributed by atoms with van der Waals surface area (Å²) in [5, 5.41) is 9.74. The van der Waals surface area contributed by atoms with Crippen molar-refractivity contribution in [3.05, 3.63) is 39.5 Å². The second-order valence-corrected chi connectivity index (χ2v) is 7.51. The van der Waals surface area contributed by atoms with E-state index in [0.717, 1.165) is 31.0 Å². The first-order valence-corrected chi connectivity index (χ1v) is 9.45. The summed E-state index contributed by atoms with van der Waals surface area (Å²) in [5.74, 6) is 1.67. The van der Waals surface area contributed by atoms with Crippen LogP contribution in [0, 0.1) is 0 Å². The summed E-state index contributed by atoms with van der Waals surface area (Å²) in [6.45, 7) is 6.68. The summed E-state index contributed by atoms with van der Waals surface area (Å²) < 4.78 is 1.99. The van der Waals surface area contributed by atoms with Gasteiger partial charge < -0.3 is 10.2 Å². The van der Waals surface area contributed by atoms with Gasteiger partial charge in [0.1, 0.15) is 5.82 Å². The first-order valence-electron chi connectivity index (χ1n) is 8.70. The van der Waals surface area contributed by atoms with E-state index in [1.54, 1.807) is 6.07 Å². The maximum atomic E-state index is 6.19. The predicted octanol–water partition coefficient (Wildman–Crippen LogP) is 4.35. The summed E-state index contributed by atoms with van der Waals surface area (Å²) >= 11 is 12.4. The van der Waals surface area contributed by atoms with Crippen LogP contribution in [0.1, 0.15) is 36.9 Å². The third kappa shape index (κ3) is 2.92. The van der Waals surface area contributed by atoms with E-state index < -0.39 is 0 Å². The smallest absolute Gasteiger partial charge is 0.133 e. The van der Waals surface area contributed by atoms with E-state index >= 15 is 0 Å². The average molecular weight is 365 g/mol. The Hall–Kier alpha value is -1.23. The molecule has 1 N–H and O–H groups in total. The Morgan fingerprint density at radius 3 is 2.54 bits per heavy atom. The molecule has 4 nitrogen and oxygen atoms in total. The van der Waals surface area contributed by atoms with Gasteiger partial charge >= 0.3 is 0 Å². The van der Waals surface area contributed by atoms with E-state index in [1.807, 2.05) is 16.8 Å². The minimum Gasteiger partial charge on any atom is -0.369 e. The number of rotatable bonds is 3. The highest BCUT2D eigenvalue weighted by Crippen LogP contribution is 2.37. The number of benzene rings is 1. The molecule has 3 heterocycles. The molecule has 2 aliphatic heterocycles. The number of aromatic nitrogens is 2. The number of hydrogen-bond donors (Lipinski definition) is 1. The topological polar surface area (TPSA) is 33.1 Å². The van der Waals surface area contributed by atoms with Crippen molar-refractivity contribution in [1.82, 2.24) is 14.7 Å². The number of hydrogen-bond acceptors (Lipinski definition) is 3. The lowest BCUT2D eigenvalue weighted by molar-refractivity contribution is 0.220. The van der Waals surface area contributed by atoms with E-state index in [1.165, 1.54) is 37.2 Å². The van der Waals surface area contributed by atoms with Gasteiger partial charge in [0.2, 0.25) is 0 Å². The number of fused-ring (bicyclic) bond motifs is 1. The van der Waals surface area contributed by atoms with Crippen LogP contribution < -0.4 is 5.32 Å². The van der Waals surface area contributed by atoms with E-state index in [4.69, 9.17) is 28.3 Å². The van der Waals surface area contributed by atoms with Crippen molar-refractivity contribution in [1.29, 1.82) is 0 Å². The zero-order valence-corrected chi connectivity index (χ0v) is 15.4. The van der Waals surface area contributed by atoms with Crippen LogP contribution in [0.25, 0.3) is 5.69 Å². The molecule has 1 fully saturated rings. The lowest BCUT2D eigenvalue weighted by Crippen LogP contribution is -2.33. The molecule has 0 atom stereocenters. The van der Waals surface area contributed by atoms with Crippen molar-refractivity contribution < 1.29 is 0 Å². The van der Waals surface area contributed by atoms with Gasteiger partial charge in [-0.25, -0.2) is 4.68 Å². The maximum absolute atomic E-state index is 6.19. The number of piperidine rings is 1. The summed E-state index contributed by atoms with van der Waals surface area (Å²) in [7, 11) is 0. The fraction of sp³-hybridized carbons (Fsp3) is 0.500. The van der Waals surface area contributed by atoms with Gasteiger partial charge in [0.05, 0.1) is 11.4 Å². The van der Waals surface area contributed by atoms with E-state index in [-0.39, 0.29) is 0 Å². The van der Waals surface area contributed by atoms with Crippen LogP contribution in [0.2, 0.25) is 10.0 Å². The molecule has 1 saturated heterocycles. The fourth-order valence-electron chi connectivity index (χ4n) is 3.90. The van der Waals surface area contributed by atoms with Crippen LogP contribution in [0.15, 0.2) is 18.2 Å². The fourth-order valence-corrected chi connectivity index (χ4v) is 4.41. The summed E-state index contributed by atoms with van der Waals surface area (Å²) in [4.78, 5) is 2.52. The largest absolute Gasteiger partial charge is 0.369 e. The molecule has 0 bridgehead atoms. The van der Waals surface area contributed by atoms with Gasteiger partial charge in [-0.1, -0.05) is 30.1 Å². The number of nitrogens with one attached hydrogen (secondary N) is 1. The SMILES string of the molecule is CCN1CCC(c2nn(-c3cc(Cl)cc(Cl)c3)c3c2CCN3)CC1. The van der Waals surface area contributed by atoms with Gasteiger partial charge in [-0.15, -0.1) is 0 Å². The monoisotopic (exact) mass is 364 g/mol. The minimum atomic E-state index is 0.553. The van der Waals surface area contributed by atoms with Gasteiger partial charge in [0.15, 0.2) is 0 Å². The van der Waals surface area contributed by atoms with Crippen molar-refractivity contribution in [2.75, 3.05) is 31.5 Å². The Balaban J connectivity index is 1.70. The Morgan fingerprint density at radius 1 is 1.17 bits per heavy atom. The van der Waals surface area contributed by atoms with Crippen molar-refractivity contribution in [2.45, 2.75) is 32.1 Å². The lowest BCUT2D eigenvalue weighted by atomic mass is 9.91. The third-order valence-corrected chi connectivity index (χ3v) is 5.63. The molecule has 0 saturated carbocycles. The highest BCUT2D eigenvalue weighted by Gasteiger charge is 2.30. The minimum absolute atomic E-state index is 0.553. The molecule has 2 aliphatic rings. The second-order valence-electron chi connectivity index (χ2n) is 6.64. The quantitative estimate of drug-likeness (QED) is 0.878. The van der Waals surface area contributed by atoms with E-state index in [0.29, 0.717) is 16.0 Å². The van der Waals surface area contributed by atoms with Crippen molar-refractivity contribution in [3.8, 4) is 5.69 Å². The summed E-state index contributed by atoms with van der Waals surface area (Å²) in [6, 6.07) is 5.60. The number of likely N-dealkylation sites (tertiary alicyclic amines) is 1. The number of anilines is 1. The lowest BCUT2D eigenvalue weighted by Gasteiger charge is -2.30. The Morgan fingerprint density at radius 2 is 1.88 bits per heavy atom. The van der Waals surface area contributed by atoms with Crippen LogP contribution in [0.3, 0.4) is 0 Å². The van der Waals surface area contributed by atoms with E-state index in [2.05, 4.69) is 17.1 Å². The molecule has 4 rings (SSSR count). The van der Waals surface area contributed by atoms with Crippen LogP contribution in [-0.2, 0) is 6.42 Å². The molecule has 128 valence electrons. The first-order chi connectivity index (χ1) is 11.7. The molecule has 0 amide bonds. The molecule has 0 radical (unpaired) electrons. The molecule has 0 aliphatic carbocycles. The molecular weight excluding hydrogens is 343 g/mol. The molecule has 1 aromatic carbocycles. The summed E-state index contributed by atoms with van der Waals surface area (Å²) in [5.41, 5.74) is 3.57. The van der Waals surface area contributed by atoms with Crippen LogP contribution in [0.4, 0.5) is 5.82 Å². The highest BCUT2D eigenvalue weighted by molar-refractivity contribution is 6.34. The van der Waals surface area contributed by atoms with Crippen molar-refractivity contribution in [3.63, 3.8) is 0 Å². The zero-order chi connectivity index (χ0) is 16.7. The molecule has 0 spiro atoms. The third-order valence-electron chi connectivity index (χ3n) is 5.20. The van der Waals surface area contributed by atoms with Crippen LogP contribution in [-0.4, -0.2) is 40.9 Å². The average Bonchev–Trinajstić information content (AvgIpc) is 3.16. The van der Waals surface area contributed by atoms with Crippen LogP contribution in [0.5, 0.6) is 0 Å². The van der Waals surface area contributed by atoms with Gasteiger partial charge in [0, 0.05) is 28.1 Å². The molecular formula is C18H22Cl2N4. The highest BCUT2D eigenvalue weighted by atomic mass is 35.5. The molecule has 1 aromatic heterocycles. The molecule has 2 aromatic rings. The molecule has 24 heavy (non-hydrogen) atoms. The predicted molar refractivity (Wildman–Crippen MR) is 99.9 cm³/mol. The maximum Gasteiger partial charge on any atom is 0.133 e. The van der Waals surface area contributed by atoms with Gasteiger partial charge in [-0.2, -0.15) is 5.10 Å². The second kappa shape index (κ2) is 6.58. The number of halogens is 2.